The topological polar surface area (TPSA) is 71.8 Å². The van der Waals surface area contributed by atoms with E-state index in [9.17, 15) is 4.79 Å². The van der Waals surface area contributed by atoms with Gasteiger partial charge >= 0.3 is 5.97 Å². The molecule has 1 N–H and O–H groups in total. The summed E-state index contributed by atoms with van der Waals surface area (Å²) in [6, 6.07) is 10.3. The van der Waals surface area contributed by atoms with Crippen LogP contribution in [0.5, 0.6) is 0 Å². The number of aromatic nitrogens is 2. The summed E-state index contributed by atoms with van der Waals surface area (Å²) in [7, 11) is 1.45. The lowest BCUT2D eigenvalue weighted by Gasteiger charge is -2.21. The Labute approximate surface area is 172 Å². The standard InChI is InChI=1S/C22H31N5O2/c1-6-23-22(26-13-15(2)19(14-26)21(28)29-5)24-12-18-9-7-8-10-20(18)27-17(4)11-16(3)25-27/h7-11,15,19H,6,12-14H2,1-5H3,(H,23,24). The molecule has 1 aliphatic rings. The number of benzene rings is 1. The first-order chi connectivity index (χ1) is 13.9. The van der Waals surface area contributed by atoms with Gasteiger partial charge in [-0.15, -0.1) is 0 Å². The van der Waals surface area contributed by atoms with Gasteiger partial charge in [-0.05, 0) is 44.4 Å². The first kappa shape index (κ1) is 20.9. The molecular weight excluding hydrogens is 366 g/mol. The first-order valence-electron chi connectivity index (χ1n) is 10.2. The molecule has 29 heavy (non-hydrogen) atoms. The summed E-state index contributed by atoms with van der Waals surface area (Å²) in [6.07, 6.45) is 0. The van der Waals surface area contributed by atoms with Crippen molar-refractivity contribution in [2.24, 2.45) is 16.8 Å². The SMILES string of the molecule is CCNC(=NCc1ccccc1-n1nc(C)cc1C)N1CC(C)C(C(=O)OC)C1. The van der Waals surface area contributed by atoms with Crippen molar-refractivity contribution in [1.29, 1.82) is 0 Å². The van der Waals surface area contributed by atoms with Gasteiger partial charge < -0.3 is 15.0 Å². The molecule has 2 unspecified atom stereocenters. The fourth-order valence-corrected chi connectivity index (χ4v) is 3.91. The predicted octanol–water partition coefficient (Wildman–Crippen LogP) is 2.70. The Bertz CT molecular complexity index is 889. The number of esters is 1. The molecule has 156 valence electrons. The minimum absolute atomic E-state index is 0.120. The summed E-state index contributed by atoms with van der Waals surface area (Å²) in [6.45, 7) is 10.9. The number of aliphatic imine (C=N–C) groups is 1. The van der Waals surface area contributed by atoms with Gasteiger partial charge in [0.2, 0.25) is 0 Å². The molecule has 1 aromatic carbocycles. The van der Waals surface area contributed by atoms with Crippen molar-refractivity contribution >= 4 is 11.9 Å². The van der Waals surface area contributed by atoms with Crippen LogP contribution in [0.4, 0.5) is 0 Å². The van der Waals surface area contributed by atoms with Crippen molar-refractivity contribution in [3.63, 3.8) is 0 Å². The maximum absolute atomic E-state index is 12.0. The molecule has 2 heterocycles. The van der Waals surface area contributed by atoms with E-state index < -0.39 is 0 Å². The van der Waals surface area contributed by atoms with Crippen LogP contribution in [0.3, 0.4) is 0 Å². The van der Waals surface area contributed by atoms with Gasteiger partial charge in [0.05, 0.1) is 31.0 Å². The Hall–Kier alpha value is -2.83. The van der Waals surface area contributed by atoms with Crippen molar-refractivity contribution in [2.75, 3.05) is 26.7 Å². The van der Waals surface area contributed by atoms with E-state index in [-0.39, 0.29) is 17.8 Å². The quantitative estimate of drug-likeness (QED) is 0.477. The van der Waals surface area contributed by atoms with Gasteiger partial charge in [0.1, 0.15) is 0 Å². The molecule has 0 radical (unpaired) electrons. The van der Waals surface area contributed by atoms with E-state index in [2.05, 4.69) is 54.3 Å². The Kier molecular flexibility index (Phi) is 6.56. The van der Waals surface area contributed by atoms with Crippen LogP contribution >= 0.6 is 0 Å². The average molecular weight is 398 g/mol. The minimum Gasteiger partial charge on any atom is -0.469 e. The molecule has 0 saturated carbocycles. The van der Waals surface area contributed by atoms with E-state index in [1.807, 2.05) is 23.7 Å². The number of aryl methyl sites for hydroxylation is 2. The largest absolute Gasteiger partial charge is 0.469 e. The number of para-hydroxylation sites is 1. The molecule has 2 atom stereocenters. The zero-order valence-corrected chi connectivity index (χ0v) is 18.0. The molecule has 0 amide bonds. The highest BCUT2D eigenvalue weighted by Crippen LogP contribution is 2.24. The molecule has 0 spiro atoms. The van der Waals surface area contributed by atoms with Crippen molar-refractivity contribution < 1.29 is 9.53 Å². The first-order valence-corrected chi connectivity index (χ1v) is 10.2. The number of likely N-dealkylation sites (tertiary alicyclic amines) is 1. The number of carbonyl (C=O) groups is 1. The highest BCUT2D eigenvalue weighted by molar-refractivity contribution is 5.82. The zero-order chi connectivity index (χ0) is 21.0. The van der Waals surface area contributed by atoms with E-state index in [0.29, 0.717) is 13.1 Å². The number of hydrogen-bond donors (Lipinski definition) is 1. The van der Waals surface area contributed by atoms with Crippen LogP contribution in [-0.4, -0.2) is 53.4 Å². The Morgan fingerprint density at radius 3 is 2.72 bits per heavy atom. The summed E-state index contributed by atoms with van der Waals surface area (Å²) < 4.78 is 6.93. The van der Waals surface area contributed by atoms with Crippen LogP contribution in [0.1, 0.15) is 30.8 Å². The maximum atomic E-state index is 12.0. The van der Waals surface area contributed by atoms with E-state index in [4.69, 9.17) is 9.73 Å². The number of hydrogen-bond acceptors (Lipinski definition) is 4. The predicted molar refractivity (Wildman–Crippen MR) is 114 cm³/mol. The lowest BCUT2D eigenvalue weighted by molar-refractivity contribution is -0.145. The number of guanidine groups is 1. The molecule has 1 aliphatic heterocycles. The van der Waals surface area contributed by atoms with E-state index in [0.717, 1.165) is 41.7 Å². The highest BCUT2D eigenvalue weighted by Gasteiger charge is 2.36. The van der Waals surface area contributed by atoms with Crippen LogP contribution in [-0.2, 0) is 16.1 Å². The van der Waals surface area contributed by atoms with E-state index in [1.165, 1.54) is 7.11 Å². The number of nitrogens with one attached hydrogen (secondary N) is 1. The minimum atomic E-state index is -0.147. The average Bonchev–Trinajstić information content (AvgIpc) is 3.26. The molecule has 3 rings (SSSR count). The summed E-state index contributed by atoms with van der Waals surface area (Å²) in [5.74, 6) is 0.791. The summed E-state index contributed by atoms with van der Waals surface area (Å²) in [5, 5.41) is 7.99. The van der Waals surface area contributed by atoms with Crippen molar-refractivity contribution in [3.05, 3.63) is 47.3 Å². The van der Waals surface area contributed by atoms with Gasteiger partial charge in [-0.2, -0.15) is 5.10 Å². The summed E-state index contributed by atoms with van der Waals surface area (Å²) in [4.78, 5) is 19.1. The zero-order valence-electron chi connectivity index (χ0n) is 18.0. The van der Waals surface area contributed by atoms with Gasteiger partial charge in [0.15, 0.2) is 5.96 Å². The lowest BCUT2D eigenvalue weighted by atomic mass is 9.99. The van der Waals surface area contributed by atoms with Crippen molar-refractivity contribution in [3.8, 4) is 5.69 Å². The van der Waals surface area contributed by atoms with Crippen LogP contribution in [0.2, 0.25) is 0 Å². The third-order valence-corrected chi connectivity index (χ3v) is 5.38. The molecular formula is C22H31N5O2. The Morgan fingerprint density at radius 2 is 2.07 bits per heavy atom. The Morgan fingerprint density at radius 1 is 1.31 bits per heavy atom. The number of nitrogens with zero attached hydrogens (tertiary/aromatic N) is 4. The molecule has 0 bridgehead atoms. The van der Waals surface area contributed by atoms with Crippen molar-refractivity contribution in [2.45, 2.75) is 34.2 Å². The second-order valence-electron chi connectivity index (χ2n) is 7.65. The number of ether oxygens (including phenoxy) is 1. The normalized spacial score (nSPS) is 19.5. The van der Waals surface area contributed by atoms with Crippen molar-refractivity contribution in [1.82, 2.24) is 20.0 Å². The van der Waals surface area contributed by atoms with Crippen LogP contribution in [0.15, 0.2) is 35.3 Å². The number of carbonyl (C=O) groups excluding carboxylic acids is 1. The summed E-state index contributed by atoms with van der Waals surface area (Å²) in [5.41, 5.74) is 4.24. The molecule has 7 heteroatoms. The van der Waals surface area contributed by atoms with Gasteiger partial charge in [-0.1, -0.05) is 25.1 Å². The van der Waals surface area contributed by atoms with Crippen LogP contribution in [0.25, 0.3) is 5.69 Å². The van der Waals surface area contributed by atoms with Crippen LogP contribution < -0.4 is 5.32 Å². The molecule has 1 fully saturated rings. The van der Waals surface area contributed by atoms with Crippen LogP contribution in [0, 0.1) is 25.7 Å². The van der Waals surface area contributed by atoms with E-state index >= 15 is 0 Å². The molecule has 2 aromatic rings. The fourth-order valence-electron chi connectivity index (χ4n) is 3.91. The van der Waals surface area contributed by atoms with Gasteiger partial charge in [-0.25, -0.2) is 9.67 Å². The molecule has 1 aromatic heterocycles. The van der Waals surface area contributed by atoms with E-state index in [1.54, 1.807) is 0 Å². The summed E-state index contributed by atoms with van der Waals surface area (Å²) >= 11 is 0. The lowest BCUT2D eigenvalue weighted by Crippen LogP contribution is -2.40. The number of rotatable bonds is 5. The van der Waals surface area contributed by atoms with Gasteiger partial charge in [0, 0.05) is 25.3 Å². The van der Waals surface area contributed by atoms with Gasteiger partial charge in [0.25, 0.3) is 0 Å². The molecule has 1 saturated heterocycles. The second-order valence-corrected chi connectivity index (χ2v) is 7.65. The smallest absolute Gasteiger partial charge is 0.310 e. The number of methoxy groups -OCH3 is 1. The third-order valence-electron chi connectivity index (χ3n) is 5.38. The highest BCUT2D eigenvalue weighted by atomic mass is 16.5. The third kappa shape index (κ3) is 4.60. The monoisotopic (exact) mass is 397 g/mol. The fraction of sp³-hybridized carbons (Fsp3) is 0.500. The molecule has 0 aliphatic carbocycles. The Balaban J connectivity index is 1.84. The second kappa shape index (κ2) is 9.11. The maximum Gasteiger partial charge on any atom is 0.310 e. The van der Waals surface area contributed by atoms with Gasteiger partial charge in [-0.3, -0.25) is 4.79 Å². The molecule has 7 nitrogen and oxygen atoms in total.